The molecule has 0 saturated heterocycles. The number of methoxy groups -OCH3 is 1. The van der Waals surface area contributed by atoms with Crippen molar-refractivity contribution in [3.05, 3.63) is 22.5 Å². The van der Waals surface area contributed by atoms with Crippen LogP contribution in [0.1, 0.15) is 17.0 Å². The smallest absolute Gasteiger partial charge is 0.301 e. The molecule has 0 aliphatic carbocycles. The molecule has 1 aromatic heterocycles. The highest BCUT2D eigenvalue weighted by Gasteiger charge is 2.11. The number of thiazole rings is 1. The van der Waals surface area contributed by atoms with Crippen molar-refractivity contribution < 1.29 is 22.7 Å². The van der Waals surface area contributed by atoms with E-state index in [1.807, 2.05) is 0 Å². The molecule has 0 spiro atoms. The first-order valence-corrected chi connectivity index (χ1v) is 7.26. The normalized spacial score (nSPS) is 11.1. The van der Waals surface area contributed by atoms with Gasteiger partial charge in [0, 0.05) is 19.3 Å². The third kappa shape index (κ3) is 5.51. The highest BCUT2D eigenvalue weighted by Crippen LogP contribution is 2.29. The van der Waals surface area contributed by atoms with Crippen molar-refractivity contribution in [1.29, 1.82) is 0 Å². The first-order chi connectivity index (χ1) is 9.58. The minimum Gasteiger partial charge on any atom is -0.399 e. The molecule has 0 fully saturated rings. The molecular formula is C11H13F3N2O2S2. The van der Waals surface area contributed by atoms with E-state index in [2.05, 4.69) is 15.0 Å². The third-order valence-electron chi connectivity index (χ3n) is 2.02. The van der Waals surface area contributed by atoms with E-state index in [4.69, 9.17) is 4.74 Å². The van der Waals surface area contributed by atoms with E-state index < -0.39 is 11.9 Å². The molecule has 0 amide bonds. The molecule has 1 heterocycles. The van der Waals surface area contributed by atoms with Gasteiger partial charge >= 0.3 is 6.08 Å². The van der Waals surface area contributed by atoms with Crippen LogP contribution in [0.15, 0.2) is 21.4 Å². The average molecular weight is 326 g/mol. The van der Waals surface area contributed by atoms with Gasteiger partial charge in [-0.2, -0.15) is 8.78 Å². The molecule has 1 rings (SSSR count). The van der Waals surface area contributed by atoms with Crippen LogP contribution in [-0.4, -0.2) is 31.2 Å². The summed E-state index contributed by atoms with van der Waals surface area (Å²) in [7, 11) is 2.96. The summed E-state index contributed by atoms with van der Waals surface area (Å²) in [6.07, 6.45) is -1.09. The summed E-state index contributed by atoms with van der Waals surface area (Å²) in [5, 5.41) is 3.64. The maximum Gasteiger partial charge on any atom is 0.301 e. The van der Waals surface area contributed by atoms with Crippen molar-refractivity contribution in [1.82, 2.24) is 4.98 Å². The van der Waals surface area contributed by atoms with Crippen molar-refractivity contribution in [2.24, 2.45) is 5.16 Å². The summed E-state index contributed by atoms with van der Waals surface area (Å²) in [5.41, 5.74) is 0.675. The minimum atomic E-state index is -2.27. The summed E-state index contributed by atoms with van der Waals surface area (Å²) < 4.78 is 42.1. The van der Waals surface area contributed by atoms with Crippen LogP contribution in [0.3, 0.4) is 0 Å². The lowest BCUT2D eigenvalue weighted by atomic mass is 10.4. The van der Waals surface area contributed by atoms with Gasteiger partial charge in [0.1, 0.15) is 7.11 Å². The fraction of sp³-hybridized carbons (Fsp3) is 0.455. The van der Waals surface area contributed by atoms with E-state index >= 15 is 0 Å². The third-order valence-corrected chi connectivity index (χ3v) is 4.19. The first-order valence-electron chi connectivity index (χ1n) is 5.46. The molecule has 0 bridgehead atoms. The van der Waals surface area contributed by atoms with E-state index in [-0.39, 0.29) is 12.2 Å². The average Bonchev–Trinajstić information content (AvgIpc) is 2.79. The van der Waals surface area contributed by atoms with Crippen LogP contribution in [-0.2, 0) is 16.2 Å². The van der Waals surface area contributed by atoms with Crippen molar-refractivity contribution >= 4 is 29.3 Å². The lowest BCUT2D eigenvalue weighted by Crippen LogP contribution is -1.92. The molecule has 0 aliphatic heterocycles. The Hall–Kier alpha value is -1.06. The molecule has 20 heavy (non-hydrogen) atoms. The number of ether oxygens (including phenoxy) is 1. The van der Waals surface area contributed by atoms with Gasteiger partial charge < -0.3 is 9.57 Å². The van der Waals surface area contributed by atoms with Crippen LogP contribution >= 0.6 is 23.1 Å². The summed E-state index contributed by atoms with van der Waals surface area (Å²) >= 11 is 2.52. The molecule has 0 radical (unpaired) electrons. The van der Waals surface area contributed by atoms with E-state index in [1.54, 1.807) is 0 Å². The number of hydrogen-bond acceptors (Lipinski definition) is 6. The van der Waals surface area contributed by atoms with Gasteiger partial charge in [0.05, 0.1) is 23.4 Å². The number of thioether (sulfide) groups is 1. The zero-order valence-electron chi connectivity index (χ0n) is 10.9. The molecule has 4 nitrogen and oxygen atoms in total. The Kier molecular flexibility index (Phi) is 7.63. The first kappa shape index (κ1) is 17.0. The van der Waals surface area contributed by atoms with Crippen molar-refractivity contribution in [3.8, 4) is 0 Å². The van der Waals surface area contributed by atoms with Crippen LogP contribution in [0, 0.1) is 0 Å². The van der Waals surface area contributed by atoms with E-state index in [0.717, 1.165) is 4.88 Å². The molecule has 0 saturated carbocycles. The van der Waals surface area contributed by atoms with Crippen LogP contribution in [0.25, 0.3) is 0 Å². The lowest BCUT2D eigenvalue weighted by Gasteiger charge is -1.95. The van der Waals surface area contributed by atoms with Crippen molar-refractivity contribution in [3.63, 3.8) is 0 Å². The standard InChI is InChI=1S/C11H13F3N2O2S2/c1-17-6-8-9(5-15-18-2)20-11(16-8)19-4-3-7(12)10(13)14/h5H,3-4,6H2,1-2H3/b15-5+. The summed E-state index contributed by atoms with van der Waals surface area (Å²) in [4.78, 5) is 9.62. The number of allylic oxidation sites excluding steroid dienone is 1. The fourth-order valence-electron chi connectivity index (χ4n) is 1.17. The van der Waals surface area contributed by atoms with Crippen molar-refractivity contribution in [2.45, 2.75) is 17.4 Å². The van der Waals surface area contributed by atoms with Crippen LogP contribution < -0.4 is 0 Å². The van der Waals surface area contributed by atoms with Crippen molar-refractivity contribution in [2.75, 3.05) is 20.0 Å². The molecule has 112 valence electrons. The molecule has 9 heteroatoms. The van der Waals surface area contributed by atoms with E-state index in [1.165, 1.54) is 43.5 Å². The Morgan fingerprint density at radius 1 is 1.40 bits per heavy atom. The second kappa shape index (κ2) is 8.98. The molecule has 0 N–H and O–H groups in total. The maximum atomic E-state index is 12.6. The zero-order valence-corrected chi connectivity index (χ0v) is 12.5. The molecule has 0 aromatic carbocycles. The monoisotopic (exact) mass is 326 g/mol. The lowest BCUT2D eigenvalue weighted by molar-refractivity contribution is 0.181. The zero-order chi connectivity index (χ0) is 15.0. The van der Waals surface area contributed by atoms with Gasteiger partial charge in [-0.05, 0) is 0 Å². The highest BCUT2D eigenvalue weighted by molar-refractivity contribution is 8.01. The predicted molar refractivity (Wildman–Crippen MR) is 73.1 cm³/mol. The Morgan fingerprint density at radius 3 is 2.75 bits per heavy atom. The van der Waals surface area contributed by atoms with Gasteiger partial charge in [0.15, 0.2) is 10.2 Å². The largest absolute Gasteiger partial charge is 0.399 e. The molecule has 0 unspecified atom stereocenters. The van der Waals surface area contributed by atoms with Gasteiger partial charge in [-0.3, -0.25) is 0 Å². The SMILES string of the molecule is COCc1nc(SCCC(F)=C(F)F)sc1/C=N/OC. The van der Waals surface area contributed by atoms with Crippen LogP contribution in [0.2, 0.25) is 0 Å². The summed E-state index contributed by atoms with van der Waals surface area (Å²) in [6, 6.07) is 0. The number of nitrogens with zero attached hydrogens (tertiary/aromatic N) is 2. The molecule has 0 atom stereocenters. The Morgan fingerprint density at radius 2 is 2.15 bits per heavy atom. The predicted octanol–water partition coefficient (Wildman–Crippen LogP) is 3.83. The number of rotatable bonds is 8. The number of hydrogen-bond donors (Lipinski definition) is 0. The van der Waals surface area contributed by atoms with Gasteiger partial charge in [-0.25, -0.2) is 9.37 Å². The fourth-order valence-corrected chi connectivity index (χ4v) is 3.21. The number of aromatic nitrogens is 1. The Balaban J connectivity index is 2.66. The van der Waals surface area contributed by atoms with Crippen LogP contribution in [0.4, 0.5) is 13.2 Å². The molecule has 1 aromatic rings. The number of halogens is 3. The minimum absolute atomic E-state index is 0.184. The van der Waals surface area contributed by atoms with E-state index in [9.17, 15) is 13.2 Å². The molecule has 0 aliphatic rings. The Bertz CT molecular complexity index is 488. The quantitative estimate of drug-likeness (QED) is 0.414. The van der Waals surface area contributed by atoms with Gasteiger partial charge in [-0.1, -0.05) is 16.9 Å². The summed E-state index contributed by atoms with van der Waals surface area (Å²) in [6.45, 7) is 0.301. The second-order valence-electron chi connectivity index (χ2n) is 3.40. The number of oxime groups is 1. The molecular weight excluding hydrogens is 313 g/mol. The van der Waals surface area contributed by atoms with E-state index in [0.29, 0.717) is 16.6 Å². The maximum absolute atomic E-state index is 12.6. The topological polar surface area (TPSA) is 43.7 Å². The van der Waals surface area contributed by atoms with Crippen LogP contribution in [0.5, 0.6) is 0 Å². The van der Waals surface area contributed by atoms with Gasteiger partial charge in [0.25, 0.3) is 0 Å². The Labute approximate surface area is 122 Å². The van der Waals surface area contributed by atoms with Gasteiger partial charge in [0.2, 0.25) is 0 Å². The summed E-state index contributed by atoms with van der Waals surface area (Å²) in [5.74, 6) is -1.20. The highest BCUT2D eigenvalue weighted by atomic mass is 32.2. The second-order valence-corrected chi connectivity index (χ2v) is 5.78. The van der Waals surface area contributed by atoms with Gasteiger partial charge in [-0.15, -0.1) is 11.3 Å².